The lowest BCUT2D eigenvalue weighted by molar-refractivity contribution is -0.143. The second-order valence-electron chi connectivity index (χ2n) is 4.82. The molecule has 3 rings (SSSR count). The third-order valence-corrected chi connectivity index (χ3v) is 4.11. The SMILES string of the molecule is O=C(O)C1CCCCN1C(=O)c1ccc2c(c1)N=S=N2. The van der Waals surface area contributed by atoms with Crippen LogP contribution in [-0.2, 0) is 16.1 Å². The summed E-state index contributed by atoms with van der Waals surface area (Å²) in [4.78, 5) is 25.2. The van der Waals surface area contributed by atoms with Gasteiger partial charge in [0.05, 0.1) is 11.4 Å². The van der Waals surface area contributed by atoms with Gasteiger partial charge in [-0.1, -0.05) is 0 Å². The Kier molecular flexibility index (Phi) is 3.35. The van der Waals surface area contributed by atoms with E-state index in [4.69, 9.17) is 0 Å². The van der Waals surface area contributed by atoms with Gasteiger partial charge in [0.2, 0.25) is 0 Å². The predicted molar refractivity (Wildman–Crippen MR) is 74.3 cm³/mol. The topological polar surface area (TPSA) is 82.3 Å². The number of carboxylic acid groups (broad SMARTS) is 1. The fourth-order valence-corrected chi connectivity index (χ4v) is 3.03. The predicted octanol–water partition coefficient (Wildman–Crippen LogP) is 2.49. The Morgan fingerprint density at radius 1 is 1.25 bits per heavy atom. The van der Waals surface area contributed by atoms with Crippen LogP contribution in [0.2, 0.25) is 0 Å². The van der Waals surface area contributed by atoms with Crippen LogP contribution >= 0.6 is 0 Å². The second-order valence-corrected chi connectivity index (χ2v) is 5.34. The Morgan fingerprint density at radius 3 is 2.85 bits per heavy atom. The van der Waals surface area contributed by atoms with Crippen molar-refractivity contribution in [1.82, 2.24) is 4.90 Å². The van der Waals surface area contributed by atoms with E-state index in [2.05, 4.69) is 8.73 Å². The minimum absolute atomic E-state index is 0.244. The molecule has 7 heteroatoms. The molecule has 0 bridgehead atoms. The largest absolute Gasteiger partial charge is 0.480 e. The molecule has 1 atom stereocenters. The molecule has 2 aliphatic rings. The number of likely N-dealkylation sites (tertiary alicyclic amines) is 1. The molecule has 1 amide bonds. The van der Waals surface area contributed by atoms with E-state index in [0.29, 0.717) is 24.2 Å². The Balaban J connectivity index is 1.88. The lowest BCUT2D eigenvalue weighted by Gasteiger charge is -2.33. The summed E-state index contributed by atoms with van der Waals surface area (Å²) in [5.74, 6) is -1.18. The average molecular weight is 291 g/mol. The quantitative estimate of drug-likeness (QED) is 0.922. The summed E-state index contributed by atoms with van der Waals surface area (Å²) in [5, 5.41) is 9.23. The van der Waals surface area contributed by atoms with E-state index in [1.165, 1.54) is 4.90 Å². The van der Waals surface area contributed by atoms with Crippen molar-refractivity contribution in [3.05, 3.63) is 23.8 Å². The van der Waals surface area contributed by atoms with E-state index in [-0.39, 0.29) is 5.91 Å². The zero-order valence-corrected chi connectivity index (χ0v) is 11.5. The van der Waals surface area contributed by atoms with Crippen LogP contribution in [0.4, 0.5) is 11.4 Å². The van der Waals surface area contributed by atoms with Gasteiger partial charge in [-0.3, -0.25) is 4.79 Å². The van der Waals surface area contributed by atoms with Crippen LogP contribution in [0.3, 0.4) is 0 Å². The van der Waals surface area contributed by atoms with E-state index < -0.39 is 12.0 Å². The number of piperidine rings is 1. The summed E-state index contributed by atoms with van der Waals surface area (Å²) < 4.78 is 8.19. The molecule has 2 aliphatic heterocycles. The number of carbonyl (C=O) groups is 2. The summed E-state index contributed by atoms with van der Waals surface area (Å²) in [6.07, 6.45) is 2.20. The van der Waals surface area contributed by atoms with Gasteiger partial charge >= 0.3 is 5.97 Å². The van der Waals surface area contributed by atoms with Crippen molar-refractivity contribution in [2.75, 3.05) is 6.54 Å². The van der Waals surface area contributed by atoms with Crippen molar-refractivity contribution in [2.24, 2.45) is 8.73 Å². The number of carboxylic acids is 1. The number of amides is 1. The van der Waals surface area contributed by atoms with Gasteiger partial charge in [-0.25, -0.2) is 4.79 Å². The molecule has 1 aromatic rings. The molecular formula is C13H13N3O3S. The lowest BCUT2D eigenvalue weighted by atomic mass is 10.0. The van der Waals surface area contributed by atoms with Crippen LogP contribution in [0.5, 0.6) is 0 Å². The zero-order valence-electron chi connectivity index (χ0n) is 10.7. The Labute approximate surface area is 119 Å². The molecule has 0 aromatic heterocycles. The maximum absolute atomic E-state index is 12.5. The van der Waals surface area contributed by atoms with Crippen LogP contribution in [0.25, 0.3) is 0 Å². The molecule has 6 nitrogen and oxygen atoms in total. The molecular weight excluding hydrogens is 278 g/mol. The third-order valence-electron chi connectivity index (χ3n) is 3.55. The van der Waals surface area contributed by atoms with Gasteiger partial charge in [0.25, 0.3) is 5.91 Å². The smallest absolute Gasteiger partial charge is 0.326 e. The Morgan fingerprint density at radius 2 is 2.05 bits per heavy atom. The van der Waals surface area contributed by atoms with Gasteiger partial charge in [-0.15, -0.1) is 0 Å². The molecule has 0 radical (unpaired) electrons. The van der Waals surface area contributed by atoms with Crippen molar-refractivity contribution in [3.63, 3.8) is 0 Å². The van der Waals surface area contributed by atoms with Crippen molar-refractivity contribution in [1.29, 1.82) is 0 Å². The summed E-state index contributed by atoms with van der Waals surface area (Å²) in [5.41, 5.74) is 1.89. The molecule has 0 saturated carbocycles. The first kappa shape index (κ1) is 13.0. The summed E-state index contributed by atoms with van der Waals surface area (Å²) in [6.45, 7) is 0.489. The third kappa shape index (κ3) is 2.24. The first-order valence-corrected chi connectivity index (χ1v) is 7.16. The highest BCUT2D eigenvalue weighted by Gasteiger charge is 2.32. The van der Waals surface area contributed by atoms with Gasteiger partial charge in [-0.2, -0.15) is 8.73 Å². The molecule has 1 fully saturated rings. The summed E-state index contributed by atoms with van der Waals surface area (Å²) >= 11 is 1.10. The van der Waals surface area contributed by atoms with E-state index in [1.807, 2.05) is 0 Å². The van der Waals surface area contributed by atoms with Crippen LogP contribution in [0.1, 0.15) is 29.6 Å². The van der Waals surface area contributed by atoms with Crippen molar-refractivity contribution in [2.45, 2.75) is 25.3 Å². The van der Waals surface area contributed by atoms with Crippen LogP contribution in [-0.4, -0.2) is 34.5 Å². The number of carbonyl (C=O) groups excluding carboxylic acids is 1. The number of nitrogens with zero attached hydrogens (tertiary/aromatic N) is 3. The average Bonchev–Trinajstić information content (AvgIpc) is 2.93. The van der Waals surface area contributed by atoms with Gasteiger partial charge in [0.1, 0.15) is 17.4 Å². The van der Waals surface area contributed by atoms with Crippen LogP contribution in [0.15, 0.2) is 26.9 Å². The van der Waals surface area contributed by atoms with Gasteiger partial charge in [-0.05, 0) is 37.5 Å². The standard InChI is InChI=1S/C13H13N3O3S/c17-12(16-6-2-1-3-11(16)13(18)19)8-4-5-9-10(7-8)15-20-14-9/h4-5,7,11H,1-3,6H2,(H,18,19). The summed E-state index contributed by atoms with van der Waals surface area (Å²) in [6, 6.07) is 4.38. The van der Waals surface area contributed by atoms with Gasteiger partial charge < -0.3 is 10.0 Å². The molecule has 1 unspecified atom stereocenters. The zero-order chi connectivity index (χ0) is 14.1. The lowest BCUT2D eigenvalue weighted by Crippen LogP contribution is -2.47. The number of fused-ring (bicyclic) bond motifs is 1. The maximum atomic E-state index is 12.5. The fourth-order valence-electron chi connectivity index (χ4n) is 2.51. The normalized spacial score (nSPS) is 20.4. The monoisotopic (exact) mass is 291 g/mol. The number of hydrogen-bond acceptors (Lipinski definition) is 4. The van der Waals surface area contributed by atoms with Crippen LogP contribution in [0, 0.1) is 0 Å². The molecule has 2 heterocycles. The van der Waals surface area contributed by atoms with Gasteiger partial charge in [0.15, 0.2) is 0 Å². The highest BCUT2D eigenvalue weighted by molar-refractivity contribution is 7.58. The number of benzene rings is 1. The summed E-state index contributed by atoms with van der Waals surface area (Å²) in [7, 11) is 0. The fraction of sp³-hybridized carbons (Fsp3) is 0.385. The van der Waals surface area contributed by atoms with Crippen molar-refractivity contribution in [3.8, 4) is 0 Å². The van der Waals surface area contributed by atoms with Crippen molar-refractivity contribution < 1.29 is 14.7 Å². The Bertz CT molecular complexity index is 652. The highest BCUT2D eigenvalue weighted by Crippen LogP contribution is 2.33. The van der Waals surface area contributed by atoms with Crippen molar-refractivity contribution >= 4 is 34.6 Å². The van der Waals surface area contributed by atoms with Gasteiger partial charge in [0, 0.05) is 12.1 Å². The minimum Gasteiger partial charge on any atom is -0.480 e. The number of rotatable bonds is 2. The highest BCUT2D eigenvalue weighted by atomic mass is 32.1. The van der Waals surface area contributed by atoms with E-state index in [0.717, 1.165) is 29.9 Å². The van der Waals surface area contributed by atoms with E-state index >= 15 is 0 Å². The van der Waals surface area contributed by atoms with Crippen LogP contribution < -0.4 is 0 Å². The van der Waals surface area contributed by atoms with E-state index in [1.54, 1.807) is 18.2 Å². The first-order chi connectivity index (χ1) is 9.66. The molecule has 20 heavy (non-hydrogen) atoms. The van der Waals surface area contributed by atoms with E-state index in [9.17, 15) is 14.7 Å². The minimum atomic E-state index is -0.936. The first-order valence-electron chi connectivity index (χ1n) is 6.43. The maximum Gasteiger partial charge on any atom is 0.326 e. The molecule has 1 aromatic carbocycles. The molecule has 0 spiro atoms. The molecule has 104 valence electrons. The molecule has 0 aliphatic carbocycles. The number of hydrogen-bond donors (Lipinski definition) is 1. The Hall–Kier alpha value is -2.02. The molecule has 1 N–H and O–H groups in total. The number of aliphatic carboxylic acids is 1. The molecule has 1 saturated heterocycles. The second kappa shape index (κ2) is 5.16.